The third-order valence-electron chi connectivity index (χ3n) is 4.36. The van der Waals surface area contributed by atoms with E-state index in [1.54, 1.807) is 13.0 Å². The number of hydrogen-bond acceptors (Lipinski definition) is 7. The summed E-state index contributed by atoms with van der Waals surface area (Å²) in [4.78, 5) is 34.4. The Bertz CT molecular complexity index is 902. The van der Waals surface area contributed by atoms with Crippen LogP contribution in [0.15, 0.2) is 24.3 Å². The minimum atomic E-state index is -0.553. The van der Waals surface area contributed by atoms with Crippen LogP contribution in [0.4, 0.5) is 5.69 Å². The number of rotatable bonds is 9. The molecule has 2 aromatic rings. The molecular weight excluding hydrogens is 368 g/mol. The van der Waals surface area contributed by atoms with E-state index < -0.39 is 4.92 Å². The van der Waals surface area contributed by atoms with E-state index >= 15 is 0 Å². The molecule has 9 heteroatoms. The van der Waals surface area contributed by atoms with Gasteiger partial charge < -0.3 is 18.8 Å². The second kappa shape index (κ2) is 9.03. The summed E-state index contributed by atoms with van der Waals surface area (Å²) in [6.45, 7) is 3.72. The first-order valence-corrected chi connectivity index (χ1v) is 8.50. The van der Waals surface area contributed by atoms with Crippen molar-refractivity contribution < 1.29 is 28.7 Å². The van der Waals surface area contributed by atoms with Gasteiger partial charge in [-0.15, -0.1) is 0 Å². The Balaban J connectivity index is 2.15. The summed E-state index contributed by atoms with van der Waals surface area (Å²) in [5.74, 6) is -0.209. The normalized spacial score (nSPS) is 10.4. The predicted molar refractivity (Wildman–Crippen MR) is 100 cm³/mol. The van der Waals surface area contributed by atoms with E-state index in [0.717, 1.165) is 5.69 Å². The van der Waals surface area contributed by atoms with Crippen molar-refractivity contribution in [2.75, 3.05) is 20.8 Å². The third kappa shape index (κ3) is 4.67. The largest absolute Gasteiger partial charge is 0.493 e. The maximum Gasteiger partial charge on any atom is 0.307 e. The Morgan fingerprint density at radius 3 is 2.46 bits per heavy atom. The number of non-ortho nitro benzene ring substituents is 1. The standard InChI is InChI=1S/C19H22N2O7/c1-12-9-15(13(2)20(12)8-7-19(23)27-4)16(22)11-28-18-10-14(21(24)25)5-6-17(18)26-3/h5-6,9-10H,7-8,11H2,1-4H3. The third-order valence-corrected chi connectivity index (χ3v) is 4.36. The van der Waals surface area contributed by atoms with Gasteiger partial charge in [0.15, 0.2) is 18.1 Å². The summed E-state index contributed by atoms with van der Waals surface area (Å²) in [5.41, 5.74) is 1.84. The first kappa shape index (κ1) is 20.9. The molecule has 0 saturated carbocycles. The topological polar surface area (TPSA) is 110 Å². The number of hydrogen-bond donors (Lipinski definition) is 0. The van der Waals surface area contributed by atoms with Crippen molar-refractivity contribution in [1.82, 2.24) is 4.57 Å². The van der Waals surface area contributed by atoms with E-state index in [4.69, 9.17) is 9.47 Å². The van der Waals surface area contributed by atoms with Gasteiger partial charge in [-0.25, -0.2) is 0 Å². The van der Waals surface area contributed by atoms with Gasteiger partial charge >= 0.3 is 5.97 Å². The lowest BCUT2D eigenvalue weighted by atomic mass is 10.1. The van der Waals surface area contributed by atoms with E-state index in [9.17, 15) is 19.7 Å². The number of ketones is 1. The first-order valence-electron chi connectivity index (χ1n) is 8.50. The lowest BCUT2D eigenvalue weighted by Gasteiger charge is -2.11. The monoisotopic (exact) mass is 390 g/mol. The van der Waals surface area contributed by atoms with Gasteiger partial charge in [-0.05, 0) is 26.0 Å². The number of carbonyl (C=O) groups excluding carboxylic acids is 2. The molecule has 150 valence electrons. The molecule has 2 rings (SSSR count). The quantitative estimate of drug-likeness (QED) is 0.280. The molecule has 9 nitrogen and oxygen atoms in total. The van der Waals surface area contributed by atoms with E-state index in [1.165, 1.54) is 32.4 Å². The van der Waals surface area contributed by atoms with E-state index in [-0.39, 0.29) is 36.2 Å². The van der Waals surface area contributed by atoms with Crippen LogP contribution in [0.25, 0.3) is 0 Å². The van der Waals surface area contributed by atoms with Gasteiger partial charge in [0, 0.05) is 29.6 Å². The van der Waals surface area contributed by atoms with Crippen LogP contribution in [0.2, 0.25) is 0 Å². The average Bonchev–Trinajstić information content (AvgIpc) is 2.97. The van der Waals surface area contributed by atoms with Crippen LogP contribution in [0.3, 0.4) is 0 Å². The highest BCUT2D eigenvalue weighted by atomic mass is 16.6. The zero-order valence-corrected chi connectivity index (χ0v) is 16.2. The number of benzene rings is 1. The molecule has 0 aliphatic carbocycles. The molecule has 0 bridgehead atoms. The van der Waals surface area contributed by atoms with Gasteiger partial charge in [0.25, 0.3) is 5.69 Å². The highest BCUT2D eigenvalue weighted by Gasteiger charge is 2.19. The molecule has 0 N–H and O–H groups in total. The van der Waals surface area contributed by atoms with Gasteiger partial charge in [0.05, 0.1) is 31.6 Å². The Morgan fingerprint density at radius 1 is 1.14 bits per heavy atom. The fraction of sp³-hybridized carbons (Fsp3) is 0.368. The zero-order valence-electron chi connectivity index (χ0n) is 16.2. The number of methoxy groups -OCH3 is 2. The molecule has 0 amide bonds. The molecular formula is C19H22N2O7. The predicted octanol–water partition coefficient (Wildman–Crippen LogP) is 2.85. The molecule has 0 aliphatic rings. The molecule has 1 heterocycles. The smallest absolute Gasteiger partial charge is 0.307 e. The number of aryl methyl sites for hydroxylation is 1. The van der Waals surface area contributed by atoms with Crippen molar-refractivity contribution in [2.45, 2.75) is 26.8 Å². The molecule has 0 fully saturated rings. The summed E-state index contributed by atoms with van der Waals surface area (Å²) in [5, 5.41) is 10.9. The number of nitro benzene ring substituents is 1. The highest BCUT2D eigenvalue weighted by Crippen LogP contribution is 2.31. The molecule has 0 atom stereocenters. The molecule has 0 aliphatic heterocycles. The van der Waals surface area contributed by atoms with Crippen LogP contribution in [0.5, 0.6) is 11.5 Å². The summed E-state index contributed by atoms with van der Waals surface area (Å²) < 4.78 is 17.1. The summed E-state index contributed by atoms with van der Waals surface area (Å²) in [6, 6.07) is 5.65. The van der Waals surface area contributed by atoms with Gasteiger partial charge in [-0.3, -0.25) is 19.7 Å². The fourth-order valence-electron chi connectivity index (χ4n) is 2.85. The Labute approximate surface area is 162 Å². The van der Waals surface area contributed by atoms with Gasteiger partial charge in [0.2, 0.25) is 5.78 Å². The van der Waals surface area contributed by atoms with Crippen molar-refractivity contribution >= 4 is 17.4 Å². The lowest BCUT2D eigenvalue weighted by molar-refractivity contribution is -0.385. The van der Waals surface area contributed by atoms with Crippen LogP contribution in [-0.4, -0.2) is 42.1 Å². The van der Waals surface area contributed by atoms with Gasteiger partial charge in [0.1, 0.15) is 0 Å². The van der Waals surface area contributed by atoms with E-state index in [1.807, 2.05) is 11.5 Å². The van der Waals surface area contributed by atoms with Gasteiger partial charge in [-0.2, -0.15) is 0 Å². The second-order valence-corrected chi connectivity index (χ2v) is 6.07. The second-order valence-electron chi connectivity index (χ2n) is 6.07. The molecule has 1 aromatic heterocycles. The van der Waals surface area contributed by atoms with E-state index in [0.29, 0.717) is 23.6 Å². The number of esters is 1. The van der Waals surface area contributed by atoms with Gasteiger partial charge in [-0.1, -0.05) is 0 Å². The fourth-order valence-corrected chi connectivity index (χ4v) is 2.85. The van der Waals surface area contributed by atoms with Crippen LogP contribution < -0.4 is 9.47 Å². The minimum absolute atomic E-state index is 0.115. The van der Waals surface area contributed by atoms with Crippen molar-refractivity contribution in [2.24, 2.45) is 0 Å². The maximum atomic E-state index is 12.6. The minimum Gasteiger partial charge on any atom is -0.493 e. The Morgan fingerprint density at radius 2 is 1.86 bits per heavy atom. The SMILES string of the molecule is COC(=O)CCn1c(C)cc(C(=O)COc2cc([N+](=O)[O-])ccc2OC)c1C. The lowest BCUT2D eigenvalue weighted by Crippen LogP contribution is -2.14. The van der Waals surface area contributed by atoms with Crippen LogP contribution in [0.1, 0.15) is 28.2 Å². The number of aromatic nitrogens is 1. The number of carbonyl (C=O) groups is 2. The number of nitrogens with zero attached hydrogens (tertiary/aromatic N) is 2. The molecule has 0 spiro atoms. The molecule has 0 unspecified atom stereocenters. The zero-order chi connectivity index (χ0) is 20.8. The number of Topliss-reactive ketones (excluding diaryl/α,β-unsaturated/α-hetero) is 1. The Kier molecular flexibility index (Phi) is 6.75. The Hall–Kier alpha value is -3.36. The number of ether oxygens (including phenoxy) is 3. The molecule has 1 aromatic carbocycles. The van der Waals surface area contributed by atoms with Crippen LogP contribution in [-0.2, 0) is 16.1 Å². The van der Waals surface area contributed by atoms with Crippen molar-refractivity contribution in [3.8, 4) is 11.5 Å². The molecule has 0 saturated heterocycles. The molecule has 28 heavy (non-hydrogen) atoms. The number of nitro groups is 1. The highest BCUT2D eigenvalue weighted by molar-refractivity contribution is 5.98. The van der Waals surface area contributed by atoms with Crippen molar-refractivity contribution in [3.63, 3.8) is 0 Å². The summed E-state index contributed by atoms with van der Waals surface area (Å²) in [7, 11) is 2.73. The van der Waals surface area contributed by atoms with Crippen molar-refractivity contribution in [1.29, 1.82) is 0 Å². The average molecular weight is 390 g/mol. The van der Waals surface area contributed by atoms with Crippen LogP contribution >= 0.6 is 0 Å². The molecule has 0 radical (unpaired) electrons. The first-order chi connectivity index (χ1) is 13.3. The van der Waals surface area contributed by atoms with Crippen LogP contribution in [0, 0.1) is 24.0 Å². The summed E-state index contributed by atoms with van der Waals surface area (Å²) >= 11 is 0. The summed E-state index contributed by atoms with van der Waals surface area (Å²) in [6.07, 6.45) is 0.196. The van der Waals surface area contributed by atoms with E-state index in [2.05, 4.69) is 4.74 Å². The van der Waals surface area contributed by atoms with Crippen molar-refractivity contribution in [3.05, 3.63) is 51.3 Å². The maximum absolute atomic E-state index is 12.6.